The number of hydrogen-bond acceptors (Lipinski definition) is 5. The Balaban J connectivity index is 1.52. The van der Waals surface area contributed by atoms with Gasteiger partial charge in [-0.1, -0.05) is 29.4 Å². The highest BCUT2D eigenvalue weighted by molar-refractivity contribution is 5.80. The SMILES string of the molecule is CCOc1ccccc1-c1nc(C2CC(=O)N(C(C)c3ccc(F)cc3)C2)no1. The lowest BCUT2D eigenvalue weighted by molar-refractivity contribution is -0.129. The van der Waals surface area contributed by atoms with Crippen molar-refractivity contribution in [2.45, 2.75) is 32.2 Å². The maximum atomic E-state index is 13.2. The van der Waals surface area contributed by atoms with Crippen molar-refractivity contribution in [3.05, 3.63) is 65.7 Å². The fourth-order valence-electron chi connectivity index (χ4n) is 3.63. The molecule has 0 aliphatic carbocycles. The summed E-state index contributed by atoms with van der Waals surface area (Å²) >= 11 is 0. The third-order valence-corrected chi connectivity index (χ3v) is 5.20. The summed E-state index contributed by atoms with van der Waals surface area (Å²) in [4.78, 5) is 18.9. The molecule has 2 heterocycles. The van der Waals surface area contributed by atoms with Crippen molar-refractivity contribution < 1.29 is 18.4 Å². The van der Waals surface area contributed by atoms with Crippen LogP contribution in [0.4, 0.5) is 4.39 Å². The van der Waals surface area contributed by atoms with Gasteiger partial charge in [-0.05, 0) is 43.7 Å². The van der Waals surface area contributed by atoms with Crippen molar-refractivity contribution in [1.29, 1.82) is 0 Å². The second kappa shape index (κ2) is 8.03. The molecular weight excluding hydrogens is 373 g/mol. The highest BCUT2D eigenvalue weighted by atomic mass is 19.1. The van der Waals surface area contributed by atoms with E-state index in [0.29, 0.717) is 37.0 Å². The van der Waals surface area contributed by atoms with E-state index >= 15 is 0 Å². The number of likely N-dealkylation sites (tertiary alicyclic amines) is 1. The second-order valence-corrected chi connectivity index (χ2v) is 7.06. The lowest BCUT2D eigenvalue weighted by atomic mass is 10.1. The second-order valence-electron chi connectivity index (χ2n) is 7.06. The van der Waals surface area contributed by atoms with E-state index in [2.05, 4.69) is 10.1 Å². The van der Waals surface area contributed by atoms with Crippen LogP contribution in [0.1, 0.15) is 43.6 Å². The van der Waals surface area contributed by atoms with Gasteiger partial charge in [-0.15, -0.1) is 0 Å². The molecule has 1 fully saturated rings. The summed E-state index contributed by atoms with van der Waals surface area (Å²) in [5.74, 6) is 1.14. The number of aromatic nitrogens is 2. The van der Waals surface area contributed by atoms with Gasteiger partial charge in [-0.25, -0.2) is 4.39 Å². The van der Waals surface area contributed by atoms with Gasteiger partial charge in [0.1, 0.15) is 11.6 Å². The Kier molecular flexibility index (Phi) is 5.29. The molecule has 1 aliphatic heterocycles. The van der Waals surface area contributed by atoms with Gasteiger partial charge < -0.3 is 14.2 Å². The minimum absolute atomic E-state index is 0.0212. The van der Waals surface area contributed by atoms with E-state index in [1.807, 2.05) is 38.1 Å². The predicted molar refractivity (Wildman–Crippen MR) is 105 cm³/mol. The summed E-state index contributed by atoms with van der Waals surface area (Å²) in [7, 11) is 0. The smallest absolute Gasteiger partial charge is 0.261 e. The quantitative estimate of drug-likeness (QED) is 0.621. The number of carbonyl (C=O) groups is 1. The van der Waals surface area contributed by atoms with E-state index in [1.165, 1.54) is 12.1 Å². The Labute approximate surface area is 168 Å². The van der Waals surface area contributed by atoms with Crippen molar-refractivity contribution in [1.82, 2.24) is 15.0 Å². The molecule has 0 radical (unpaired) electrons. The van der Waals surface area contributed by atoms with Gasteiger partial charge in [0, 0.05) is 18.9 Å². The van der Waals surface area contributed by atoms with E-state index in [1.54, 1.807) is 17.0 Å². The van der Waals surface area contributed by atoms with Gasteiger partial charge in [-0.3, -0.25) is 4.79 Å². The number of rotatable bonds is 6. The molecule has 3 aromatic rings. The molecule has 150 valence electrons. The van der Waals surface area contributed by atoms with E-state index in [4.69, 9.17) is 9.26 Å². The van der Waals surface area contributed by atoms with Crippen LogP contribution in [0.5, 0.6) is 5.75 Å². The van der Waals surface area contributed by atoms with Crippen LogP contribution in [0.15, 0.2) is 53.1 Å². The van der Waals surface area contributed by atoms with E-state index in [9.17, 15) is 9.18 Å². The Morgan fingerprint density at radius 3 is 2.76 bits per heavy atom. The summed E-state index contributed by atoms with van der Waals surface area (Å²) in [6, 6.07) is 13.6. The fraction of sp³-hybridized carbons (Fsp3) is 0.318. The number of carbonyl (C=O) groups excluding carboxylic acids is 1. The van der Waals surface area contributed by atoms with E-state index in [0.717, 1.165) is 11.1 Å². The number of hydrogen-bond donors (Lipinski definition) is 0. The van der Waals surface area contributed by atoms with Gasteiger partial charge in [0.15, 0.2) is 5.82 Å². The zero-order valence-corrected chi connectivity index (χ0v) is 16.3. The number of para-hydroxylation sites is 1. The van der Waals surface area contributed by atoms with Crippen LogP contribution in [0.3, 0.4) is 0 Å². The normalized spacial score (nSPS) is 17.6. The molecule has 4 rings (SSSR count). The molecular formula is C22H22FN3O3. The fourth-order valence-corrected chi connectivity index (χ4v) is 3.63. The zero-order chi connectivity index (χ0) is 20.4. The molecule has 1 aliphatic rings. The first kappa shape index (κ1) is 19.1. The minimum Gasteiger partial charge on any atom is -0.493 e. The minimum atomic E-state index is -0.293. The highest BCUT2D eigenvalue weighted by Crippen LogP contribution is 2.35. The molecule has 2 aromatic carbocycles. The topological polar surface area (TPSA) is 68.5 Å². The molecule has 7 heteroatoms. The van der Waals surface area contributed by atoms with Gasteiger partial charge >= 0.3 is 0 Å². The maximum absolute atomic E-state index is 13.2. The lowest BCUT2D eigenvalue weighted by Gasteiger charge is -2.25. The molecule has 1 amide bonds. The van der Waals surface area contributed by atoms with Crippen molar-refractivity contribution in [2.24, 2.45) is 0 Å². The van der Waals surface area contributed by atoms with Crippen molar-refractivity contribution in [2.75, 3.05) is 13.2 Å². The van der Waals surface area contributed by atoms with Crippen LogP contribution in [0, 0.1) is 5.82 Å². The molecule has 0 N–H and O–H groups in total. The summed E-state index contributed by atoms with van der Waals surface area (Å²) in [6.45, 7) is 4.87. The van der Waals surface area contributed by atoms with Gasteiger partial charge in [-0.2, -0.15) is 4.98 Å². The van der Waals surface area contributed by atoms with Crippen LogP contribution in [0.25, 0.3) is 11.5 Å². The first-order valence-corrected chi connectivity index (χ1v) is 9.67. The molecule has 0 spiro atoms. The average Bonchev–Trinajstić information content (AvgIpc) is 3.36. The van der Waals surface area contributed by atoms with Crippen molar-refractivity contribution >= 4 is 5.91 Å². The number of nitrogens with zero attached hydrogens (tertiary/aromatic N) is 3. The number of benzene rings is 2. The third-order valence-electron chi connectivity index (χ3n) is 5.20. The van der Waals surface area contributed by atoms with Gasteiger partial charge in [0.2, 0.25) is 5.91 Å². The Morgan fingerprint density at radius 2 is 2.00 bits per heavy atom. The van der Waals surface area contributed by atoms with Crippen LogP contribution >= 0.6 is 0 Å². The zero-order valence-electron chi connectivity index (χ0n) is 16.3. The largest absolute Gasteiger partial charge is 0.493 e. The number of ether oxygens (including phenoxy) is 1. The standard InChI is InChI=1S/C22H22FN3O3/c1-3-28-19-7-5-4-6-18(19)22-24-21(25-29-22)16-12-20(27)26(13-16)14(2)15-8-10-17(23)11-9-15/h4-11,14,16H,3,12-13H2,1-2H3. The lowest BCUT2D eigenvalue weighted by Crippen LogP contribution is -2.28. The summed E-state index contributed by atoms with van der Waals surface area (Å²) in [5.41, 5.74) is 1.62. The van der Waals surface area contributed by atoms with Gasteiger partial charge in [0.05, 0.1) is 18.2 Å². The van der Waals surface area contributed by atoms with Crippen LogP contribution in [-0.4, -0.2) is 34.1 Å². The summed E-state index contributed by atoms with van der Waals surface area (Å²) in [6.07, 6.45) is 0.317. The Bertz CT molecular complexity index is 1000. The molecule has 2 atom stereocenters. The van der Waals surface area contributed by atoms with Crippen molar-refractivity contribution in [3.63, 3.8) is 0 Å². The predicted octanol–water partition coefficient (Wildman–Crippen LogP) is 4.35. The monoisotopic (exact) mass is 395 g/mol. The Morgan fingerprint density at radius 1 is 1.24 bits per heavy atom. The molecule has 6 nitrogen and oxygen atoms in total. The number of halogens is 1. The first-order chi connectivity index (χ1) is 14.1. The van der Waals surface area contributed by atoms with Crippen LogP contribution in [0.2, 0.25) is 0 Å². The molecule has 29 heavy (non-hydrogen) atoms. The van der Waals surface area contributed by atoms with Crippen LogP contribution in [-0.2, 0) is 4.79 Å². The third kappa shape index (κ3) is 3.85. The summed E-state index contributed by atoms with van der Waals surface area (Å²) < 4.78 is 24.3. The van der Waals surface area contributed by atoms with E-state index in [-0.39, 0.29) is 23.7 Å². The molecule has 1 saturated heterocycles. The first-order valence-electron chi connectivity index (χ1n) is 9.67. The average molecular weight is 395 g/mol. The van der Waals surface area contributed by atoms with Crippen molar-refractivity contribution in [3.8, 4) is 17.2 Å². The maximum Gasteiger partial charge on any atom is 0.261 e. The van der Waals surface area contributed by atoms with E-state index < -0.39 is 0 Å². The molecule has 0 saturated carbocycles. The molecule has 1 aromatic heterocycles. The summed E-state index contributed by atoms with van der Waals surface area (Å²) in [5, 5.41) is 4.12. The van der Waals surface area contributed by atoms with Crippen LogP contribution < -0.4 is 4.74 Å². The number of amides is 1. The Hall–Kier alpha value is -3.22. The molecule has 2 unspecified atom stereocenters. The molecule has 0 bridgehead atoms. The highest BCUT2D eigenvalue weighted by Gasteiger charge is 2.36. The van der Waals surface area contributed by atoms with Gasteiger partial charge in [0.25, 0.3) is 5.89 Å².